The van der Waals surface area contributed by atoms with Gasteiger partial charge in [-0.3, -0.25) is 4.21 Å². The fourth-order valence-electron chi connectivity index (χ4n) is 0.906. The average molecular weight is 168 g/mol. The van der Waals surface area contributed by atoms with Gasteiger partial charge < -0.3 is 0 Å². The Balaban J connectivity index is 2.45. The second-order valence-electron chi connectivity index (χ2n) is 2.51. The maximum absolute atomic E-state index is 10.7. The Morgan fingerprint density at radius 1 is 1.27 bits per heavy atom. The van der Waals surface area contributed by atoms with Crippen LogP contribution in [-0.4, -0.2) is 16.2 Å². The van der Waals surface area contributed by atoms with Gasteiger partial charge in [0.05, 0.1) is 0 Å². The first-order valence-corrected chi connectivity index (χ1v) is 5.36. The Morgan fingerprint density at radius 2 is 1.91 bits per heavy atom. The van der Waals surface area contributed by atoms with E-state index in [1.54, 1.807) is 6.26 Å². The standard InChI is InChI=1S/C9H12OS/c1-11(10)8-7-9-5-3-2-4-6-9/h2-6H,7-8H2,1H3/t11-/m1/s1. The molecule has 1 aromatic carbocycles. The van der Waals surface area contributed by atoms with E-state index in [1.165, 1.54) is 5.56 Å². The van der Waals surface area contributed by atoms with Gasteiger partial charge in [-0.1, -0.05) is 30.3 Å². The van der Waals surface area contributed by atoms with Gasteiger partial charge in [-0.05, 0) is 12.0 Å². The van der Waals surface area contributed by atoms with Crippen molar-refractivity contribution in [3.05, 3.63) is 35.9 Å². The highest BCUT2D eigenvalue weighted by atomic mass is 32.2. The molecule has 0 unspecified atom stereocenters. The Labute approximate surface area is 69.9 Å². The topological polar surface area (TPSA) is 17.1 Å². The highest BCUT2D eigenvalue weighted by Crippen LogP contribution is 1.99. The van der Waals surface area contributed by atoms with Gasteiger partial charge in [0.1, 0.15) is 0 Å². The minimum absolute atomic E-state index is 0.666. The van der Waals surface area contributed by atoms with E-state index in [0.717, 1.165) is 12.2 Å². The van der Waals surface area contributed by atoms with Crippen molar-refractivity contribution < 1.29 is 4.21 Å². The summed E-state index contributed by atoms with van der Waals surface area (Å²) in [7, 11) is -0.666. The molecule has 0 aliphatic rings. The van der Waals surface area contributed by atoms with Gasteiger partial charge in [-0.25, -0.2) is 0 Å². The molecule has 0 aliphatic heterocycles. The number of hydrogen-bond acceptors (Lipinski definition) is 1. The summed E-state index contributed by atoms with van der Waals surface area (Å²) in [6.45, 7) is 0. The lowest BCUT2D eigenvalue weighted by molar-refractivity contribution is 0.686. The molecule has 0 fully saturated rings. The SMILES string of the molecule is C[S@@](=O)CCc1ccccc1. The first-order valence-electron chi connectivity index (χ1n) is 3.63. The van der Waals surface area contributed by atoms with E-state index in [0.29, 0.717) is 0 Å². The molecule has 0 amide bonds. The van der Waals surface area contributed by atoms with Crippen molar-refractivity contribution in [3.63, 3.8) is 0 Å². The van der Waals surface area contributed by atoms with Crippen LogP contribution in [0.5, 0.6) is 0 Å². The molecular weight excluding hydrogens is 156 g/mol. The monoisotopic (exact) mass is 168 g/mol. The fourth-order valence-corrected chi connectivity index (χ4v) is 1.43. The highest BCUT2D eigenvalue weighted by molar-refractivity contribution is 7.84. The molecule has 0 N–H and O–H groups in total. The first-order chi connectivity index (χ1) is 5.29. The third kappa shape index (κ3) is 3.33. The summed E-state index contributed by atoms with van der Waals surface area (Å²) in [6, 6.07) is 10.1. The smallest absolute Gasteiger partial charge is 0.0272 e. The van der Waals surface area contributed by atoms with Crippen LogP contribution >= 0.6 is 0 Å². The Bertz CT molecular complexity index is 231. The summed E-state index contributed by atoms with van der Waals surface area (Å²) >= 11 is 0. The molecule has 2 heteroatoms. The summed E-state index contributed by atoms with van der Waals surface area (Å²) in [5.74, 6) is 0.768. The zero-order valence-electron chi connectivity index (χ0n) is 6.62. The van der Waals surface area contributed by atoms with Gasteiger partial charge in [0.15, 0.2) is 0 Å². The van der Waals surface area contributed by atoms with Crippen molar-refractivity contribution in [3.8, 4) is 0 Å². The molecule has 1 nitrogen and oxygen atoms in total. The zero-order valence-corrected chi connectivity index (χ0v) is 7.43. The minimum Gasteiger partial charge on any atom is -0.260 e. The lowest BCUT2D eigenvalue weighted by Gasteiger charge is -1.96. The zero-order chi connectivity index (χ0) is 8.10. The summed E-state index contributed by atoms with van der Waals surface area (Å²) < 4.78 is 10.7. The van der Waals surface area contributed by atoms with E-state index in [4.69, 9.17) is 0 Å². The molecule has 0 heterocycles. The van der Waals surface area contributed by atoms with Gasteiger partial charge in [0, 0.05) is 22.8 Å². The largest absolute Gasteiger partial charge is 0.260 e. The summed E-state index contributed by atoms with van der Waals surface area (Å²) in [5.41, 5.74) is 1.27. The van der Waals surface area contributed by atoms with Gasteiger partial charge in [0.2, 0.25) is 0 Å². The van der Waals surface area contributed by atoms with Crippen molar-refractivity contribution in [2.45, 2.75) is 6.42 Å². The minimum atomic E-state index is -0.666. The van der Waals surface area contributed by atoms with Crippen molar-refractivity contribution >= 4 is 10.8 Å². The van der Waals surface area contributed by atoms with Crippen LogP contribution < -0.4 is 0 Å². The summed E-state index contributed by atoms with van der Waals surface area (Å²) in [6.07, 6.45) is 2.66. The van der Waals surface area contributed by atoms with Gasteiger partial charge in [0.25, 0.3) is 0 Å². The van der Waals surface area contributed by atoms with E-state index in [2.05, 4.69) is 12.1 Å². The van der Waals surface area contributed by atoms with E-state index in [9.17, 15) is 4.21 Å². The predicted octanol–water partition coefficient (Wildman–Crippen LogP) is 1.61. The summed E-state index contributed by atoms with van der Waals surface area (Å²) in [4.78, 5) is 0. The third-order valence-electron chi connectivity index (χ3n) is 1.52. The average Bonchev–Trinajstić information content (AvgIpc) is 2.03. The first kappa shape index (κ1) is 8.47. The molecule has 0 saturated carbocycles. The van der Waals surface area contributed by atoms with Crippen LogP contribution in [0, 0.1) is 0 Å². The van der Waals surface area contributed by atoms with Crippen LogP contribution in [0.25, 0.3) is 0 Å². The van der Waals surface area contributed by atoms with Crippen molar-refractivity contribution in [1.29, 1.82) is 0 Å². The van der Waals surface area contributed by atoms with Crippen LogP contribution in [0.4, 0.5) is 0 Å². The second-order valence-corrected chi connectivity index (χ2v) is 4.07. The third-order valence-corrected chi connectivity index (χ3v) is 2.30. The molecule has 1 aromatic rings. The van der Waals surface area contributed by atoms with Crippen LogP contribution in [0.15, 0.2) is 30.3 Å². The predicted molar refractivity (Wildman–Crippen MR) is 49.1 cm³/mol. The van der Waals surface area contributed by atoms with Gasteiger partial charge >= 0.3 is 0 Å². The highest BCUT2D eigenvalue weighted by Gasteiger charge is 1.92. The quantitative estimate of drug-likeness (QED) is 0.670. The molecule has 0 saturated heterocycles. The lowest BCUT2D eigenvalue weighted by atomic mass is 10.2. The van der Waals surface area contributed by atoms with Crippen molar-refractivity contribution in [1.82, 2.24) is 0 Å². The van der Waals surface area contributed by atoms with Crippen molar-refractivity contribution in [2.24, 2.45) is 0 Å². The molecule has 11 heavy (non-hydrogen) atoms. The normalized spacial score (nSPS) is 12.8. The fraction of sp³-hybridized carbons (Fsp3) is 0.333. The van der Waals surface area contributed by atoms with Crippen LogP contribution in [0.2, 0.25) is 0 Å². The number of aryl methyl sites for hydroxylation is 1. The maximum atomic E-state index is 10.7. The van der Waals surface area contributed by atoms with E-state index >= 15 is 0 Å². The maximum Gasteiger partial charge on any atom is 0.0272 e. The number of benzene rings is 1. The molecule has 0 spiro atoms. The second kappa shape index (κ2) is 4.29. The molecule has 60 valence electrons. The number of rotatable bonds is 3. The molecule has 1 atom stereocenters. The Morgan fingerprint density at radius 3 is 2.45 bits per heavy atom. The molecule has 1 rings (SSSR count). The van der Waals surface area contributed by atoms with Crippen LogP contribution in [0.3, 0.4) is 0 Å². The number of hydrogen-bond donors (Lipinski definition) is 0. The molecule has 0 aliphatic carbocycles. The molecule has 0 aromatic heterocycles. The molecule has 0 radical (unpaired) electrons. The van der Waals surface area contributed by atoms with Crippen molar-refractivity contribution in [2.75, 3.05) is 12.0 Å². The van der Waals surface area contributed by atoms with E-state index < -0.39 is 10.8 Å². The van der Waals surface area contributed by atoms with Gasteiger partial charge in [-0.2, -0.15) is 0 Å². The Kier molecular flexibility index (Phi) is 3.30. The van der Waals surface area contributed by atoms with Crippen LogP contribution in [-0.2, 0) is 17.2 Å². The lowest BCUT2D eigenvalue weighted by Crippen LogP contribution is -1.97. The van der Waals surface area contributed by atoms with Gasteiger partial charge in [-0.15, -0.1) is 0 Å². The Hall–Kier alpha value is -0.630. The van der Waals surface area contributed by atoms with Crippen LogP contribution in [0.1, 0.15) is 5.56 Å². The van der Waals surface area contributed by atoms with E-state index in [-0.39, 0.29) is 0 Å². The van der Waals surface area contributed by atoms with E-state index in [1.807, 2.05) is 18.2 Å². The molecular formula is C9H12OS. The summed E-state index contributed by atoms with van der Waals surface area (Å²) in [5, 5.41) is 0. The molecule has 0 bridgehead atoms.